The number of rotatable bonds is 8. The number of aromatic hydroxyl groups is 1. The van der Waals surface area contributed by atoms with E-state index in [-0.39, 0.29) is 5.41 Å². The summed E-state index contributed by atoms with van der Waals surface area (Å²) in [6.45, 7) is 7.49. The van der Waals surface area contributed by atoms with Gasteiger partial charge in [-0.3, -0.25) is 0 Å². The lowest BCUT2D eigenvalue weighted by Gasteiger charge is -2.26. The second-order valence-electron chi connectivity index (χ2n) is 6.81. The van der Waals surface area contributed by atoms with E-state index >= 15 is 0 Å². The summed E-state index contributed by atoms with van der Waals surface area (Å²) in [7, 11) is 0. The minimum Gasteiger partial charge on any atom is -0.508 e. The third-order valence-electron chi connectivity index (χ3n) is 4.23. The van der Waals surface area contributed by atoms with E-state index < -0.39 is 0 Å². The van der Waals surface area contributed by atoms with Crippen LogP contribution >= 0.6 is 0 Å². The molecule has 2 aromatic carbocycles. The fourth-order valence-corrected chi connectivity index (χ4v) is 2.77. The van der Waals surface area contributed by atoms with E-state index in [0.717, 1.165) is 25.2 Å². The van der Waals surface area contributed by atoms with Gasteiger partial charge in [0.1, 0.15) is 11.5 Å². The van der Waals surface area contributed by atoms with Crippen LogP contribution in [0.4, 0.5) is 0 Å². The fourth-order valence-electron chi connectivity index (χ4n) is 2.77. The van der Waals surface area contributed by atoms with Crippen molar-refractivity contribution < 1.29 is 9.84 Å². The summed E-state index contributed by atoms with van der Waals surface area (Å²) >= 11 is 0. The van der Waals surface area contributed by atoms with Crippen LogP contribution in [0.1, 0.15) is 51.2 Å². The average molecular weight is 312 g/mol. The Labute approximate surface area is 140 Å². The van der Waals surface area contributed by atoms with Crippen LogP contribution in [-0.4, -0.2) is 11.7 Å². The van der Waals surface area contributed by atoms with Crippen molar-refractivity contribution in [2.75, 3.05) is 6.61 Å². The molecule has 0 radical (unpaired) electrons. The van der Waals surface area contributed by atoms with Crippen molar-refractivity contribution in [3.05, 3.63) is 59.7 Å². The Morgan fingerprint density at radius 2 is 1.57 bits per heavy atom. The first-order chi connectivity index (χ1) is 11.0. The Balaban J connectivity index is 1.97. The Bertz CT molecular complexity index is 582. The van der Waals surface area contributed by atoms with Crippen LogP contribution < -0.4 is 4.74 Å². The minimum atomic E-state index is 0.0394. The maximum Gasteiger partial charge on any atom is 0.119 e. The summed E-state index contributed by atoms with van der Waals surface area (Å²) in [5.74, 6) is 1.27. The van der Waals surface area contributed by atoms with E-state index in [0.29, 0.717) is 5.75 Å². The summed E-state index contributed by atoms with van der Waals surface area (Å²) < 4.78 is 5.78. The smallest absolute Gasteiger partial charge is 0.119 e. The van der Waals surface area contributed by atoms with Crippen LogP contribution in [0.25, 0.3) is 0 Å². The lowest BCUT2D eigenvalue weighted by molar-refractivity contribution is 0.306. The van der Waals surface area contributed by atoms with Gasteiger partial charge in [-0.2, -0.15) is 0 Å². The Hall–Kier alpha value is -1.96. The number of hydrogen-bond donors (Lipinski definition) is 1. The third kappa shape index (κ3) is 5.31. The summed E-state index contributed by atoms with van der Waals surface area (Å²) in [5, 5.41) is 9.39. The van der Waals surface area contributed by atoms with Crippen molar-refractivity contribution >= 4 is 0 Å². The van der Waals surface area contributed by atoms with Gasteiger partial charge in [-0.05, 0) is 53.6 Å². The highest BCUT2D eigenvalue weighted by Crippen LogP contribution is 2.29. The molecule has 1 N–H and O–H groups in total. The Morgan fingerprint density at radius 3 is 2.17 bits per heavy atom. The van der Waals surface area contributed by atoms with Crippen LogP contribution in [-0.2, 0) is 11.8 Å². The van der Waals surface area contributed by atoms with Gasteiger partial charge >= 0.3 is 0 Å². The lowest BCUT2D eigenvalue weighted by atomic mass is 9.79. The normalized spacial score (nSPS) is 11.4. The zero-order valence-electron chi connectivity index (χ0n) is 14.5. The lowest BCUT2D eigenvalue weighted by Crippen LogP contribution is -2.20. The summed E-state index contributed by atoms with van der Waals surface area (Å²) in [6, 6.07) is 15.9. The molecule has 0 saturated carbocycles. The molecule has 0 saturated heterocycles. The standard InChI is InChI=1S/C21H28O2/c1-4-5-6-15-23-20-13-9-18(10-14-20)21(2,3)16-17-7-11-19(22)12-8-17/h7-14,22H,4-6,15-16H2,1-3H3. The van der Waals surface area contributed by atoms with E-state index in [1.807, 2.05) is 12.1 Å². The Morgan fingerprint density at radius 1 is 0.913 bits per heavy atom. The molecule has 124 valence electrons. The minimum absolute atomic E-state index is 0.0394. The fraction of sp³-hybridized carbons (Fsp3) is 0.429. The van der Waals surface area contributed by atoms with Crippen LogP contribution in [0, 0.1) is 0 Å². The summed E-state index contributed by atoms with van der Waals surface area (Å²) in [4.78, 5) is 0. The van der Waals surface area contributed by atoms with E-state index in [9.17, 15) is 5.11 Å². The van der Waals surface area contributed by atoms with E-state index in [4.69, 9.17) is 4.74 Å². The highest BCUT2D eigenvalue weighted by molar-refractivity contribution is 5.34. The molecule has 0 aliphatic rings. The molecule has 0 aliphatic heterocycles. The predicted molar refractivity (Wildman–Crippen MR) is 96.3 cm³/mol. The van der Waals surface area contributed by atoms with Crippen molar-refractivity contribution in [2.45, 2.75) is 51.9 Å². The summed E-state index contributed by atoms with van der Waals surface area (Å²) in [5.41, 5.74) is 2.57. The molecule has 0 aliphatic carbocycles. The van der Waals surface area contributed by atoms with Crippen molar-refractivity contribution in [1.82, 2.24) is 0 Å². The van der Waals surface area contributed by atoms with Gasteiger partial charge in [-0.15, -0.1) is 0 Å². The van der Waals surface area contributed by atoms with E-state index in [2.05, 4.69) is 45.0 Å². The SMILES string of the molecule is CCCCCOc1ccc(C(C)(C)Cc2ccc(O)cc2)cc1. The van der Waals surface area contributed by atoms with Crippen LogP contribution in [0.3, 0.4) is 0 Å². The molecule has 0 atom stereocenters. The molecule has 2 rings (SSSR count). The maximum atomic E-state index is 9.39. The van der Waals surface area contributed by atoms with Crippen molar-refractivity contribution in [1.29, 1.82) is 0 Å². The first-order valence-corrected chi connectivity index (χ1v) is 8.52. The van der Waals surface area contributed by atoms with E-state index in [1.54, 1.807) is 12.1 Å². The molecule has 0 aromatic heterocycles. The first kappa shape index (κ1) is 17.4. The summed E-state index contributed by atoms with van der Waals surface area (Å²) in [6.07, 6.45) is 4.49. The first-order valence-electron chi connectivity index (χ1n) is 8.52. The predicted octanol–water partition coefficient (Wildman–Crippen LogP) is 5.48. The molecule has 23 heavy (non-hydrogen) atoms. The van der Waals surface area contributed by atoms with Crippen LogP contribution in [0.5, 0.6) is 11.5 Å². The molecule has 0 unspecified atom stereocenters. The molecular formula is C21H28O2. The quantitative estimate of drug-likeness (QED) is 0.654. The van der Waals surface area contributed by atoms with Gasteiger partial charge in [0.15, 0.2) is 0 Å². The van der Waals surface area contributed by atoms with Crippen molar-refractivity contribution in [3.63, 3.8) is 0 Å². The second kappa shape index (κ2) is 8.05. The van der Waals surface area contributed by atoms with Gasteiger partial charge in [0.2, 0.25) is 0 Å². The zero-order valence-corrected chi connectivity index (χ0v) is 14.5. The topological polar surface area (TPSA) is 29.5 Å². The number of benzene rings is 2. The van der Waals surface area contributed by atoms with Crippen LogP contribution in [0.2, 0.25) is 0 Å². The monoisotopic (exact) mass is 312 g/mol. The molecule has 2 aromatic rings. The molecular weight excluding hydrogens is 284 g/mol. The molecule has 0 heterocycles. The number of phenolic OH excluding ortho intramolecular Hbond substituents is 1. The number of unbranched alkanes of at least 4 members (excludes halogenated alkanes) is 2. The van der Waals surface area contributed by atoms with Gasteiger partial charge < -0.3 is 9.84 Å². The largest absolute Gasteiger partial charge is 0.508 e. The van der Waals surface area contributed by atoms with Gasteiger partial charge in [-0.25, -0.2) is 0 Å². The van der Waals surface area contributed by atoms with Gasteiger partial charge in [-0.1, -0.05) is 57.9 Å². The highest BCUT2D eigenvalue weighted by Gasteiger charge is 2.21. The number of phenols is 1. The van der Waals surface area contributed by atoms with Gasteiger partial charge in [0.25, 0.3) is 0 Å². The molecule has 0 spiro atoms. The van der Waals surface area contributed by atoms with Gasteiger partial charge in [0, 0.05) is 0 Å². The number of ether oxygens (including phenoxy) is 1. The van der Waals surface area contributed by atoms with Crippen molar-refractivity contribution in [2.24, 2.45) is 0 Å². The van der Waals surface area contributed by atoms with Crippen LogP contribution in [0.15, 0.2) is 48.5 Å². The molecule has 0 bridgehead atoms. The average Bonchev–Trinajstić information content (AvgIpc) is 2.54. The zero-order chi connectivity index (χ0) is 16.7. The molecule has 0 amide bonds. The molecule has 0 fully saturated rings. The molecule has 2 nitrogen and oxygen atoms in total. The maximum absolute atomic E-state index is 9.39. The van der Waals surface area contributed by atoms with Gasteiger partial charge in [0.05, 0.1) is 6.61 Å². The second-order valence-corrected chi connectivity index (χ2v) is 6.81. The van der Waals surface area contributed by atoms with Crippen molar-refractivity contribution in [3.8, 4) is 11.5 Å². The third-order valence-corrected chi connectivity index (χ3v) is 4.23. The Kier molecular flexibility index (Phi) is 6.09. The van der Waals surface area contributed by atoms with E-state index in [1.165, 1.54) is 24.0 Å². The highest BCUT2D eigenvalue weighted by atomic mass is 16.5. The number of hydrogen-bond acceptors (Lipinski definition) is 2. The molecule has 2 heteroatoms.